The predicted molar refractivity (Wildman–Crippen MR) is 57.3 cm³/mol. The molecule has 0 aromatic heterocycles. The summed E-state index contributed by atoms with van der Waals surface area (Å²) in [6, 6.07) is 1.71. The Balaban J connectivity index is 0.00000128. The van der Waals surface area contributed by atoms with Crippen LogP contribution in [0.2, 0.25) is 0 Å². The van der Waals surface area contributed by atoms with Gasteiger partial charge in [0, 0.05) is 24.1 Å². The number of nitrogens with two attached hydrogens (primary N) is 1. The number of benzene rings is 1. The number of hydrogen-bond donors (Lipinski definition) is 1. The molecule has 0 unspecified atom stereocenters. The third-order valence-corrected chi connectivity index (χ3v) is 2.34. The quantitative estimate of drug-likeness (QED) is 0.608. The minimum Gasteiger partial charge on any atom is -0.490 e. The summed E-state index contributed by atoms with van der Waals surface area (Å²) in [5, 5.41) is 10.5. The molecule has 1 aliphatic heterocycles. The first kappa shape index (κ1) is 12.7. The van der Waals surface area contributed by atoms with Crippen LogP contribution in [0.1, 0.15) is 18.0 Å². The van der Waals surface area contributed by atoms with Gasteiger partial charge >= 0.3 is 0 Å². The molecule has 0 aliphatic carbocycles. The summed E-state index contributed by atoms with van der Waals surface area (Å²) in [5.41, 5.74) is 5.78. The van der Waals surface area contributed by atoms with Crippen molar-refractivity contribution in [2.24, 2.45) is 5.73 Å². The minimum atomic E-state index is -0.727. The van der Waals surface area contributed by atoms with Gasteiger partial charge in [0.25, 0.3) is 5.69 Å². The average Bonchev–Trinajstić information content (AvgIpc) is 2.19. The van der Waals surface area contributed by atoms with E-state index in [0.29, 0.717) is 18.6 Å². The molecule has 0 bridgehead atoms. The third kappa shape index (κ3) is 2.07. The molecule has 2 N–H and O–H groups in total. The van der Waals surface area contributed by atoms with Crippen LogP contribution < -0.4 is 10.5 Å². The van der Waals surface area contributed by atoms with E-state index in [0.717, 1.165) is 6.07 Å². The second-order valence-electron chi connectivity index (χ2n) is 3.35. The van der Waals surface area contributed by atoms with Crippen molar-refractivity contribution in [2.75, 3.05) is 6.61 Å². The van der Waals surface area contributed by atoms with Crippen LogP contribution in [0.3, 0.4) is 0 Å². The Morgan fingerprint density at radius 1 is 1.56 bits per heavy atom. The van der Waals surface area contributed by atoms with E-state index in [2.05, 4.69) is 0 Å². The molecule has 5 nitrogen and oxygen atoms in total. The first-order valence-electron chi connectivity index (χ1n) is 4.46. The van der Waals surface area contributed by atoms with Crippen LogP contribution in [-0.4, -0.2) is 11.5 Å². The zero-order valence-electron chi connectivity index (χ0n) is 8.18. The number of nitro groups is 1. The summed E-state index contributed by atoms with van der Waals surface area (Å²) in [6.45, 7) is 0.336. The molecule has 0 saturated heterocycles. The largest absolute Gasteiger partial charge is 0.490 e. The Morgan fingerprint density at radius 2 is 2.25 bits per heavy atom. The van der Waals surface area contributed by atoms with Crippen LogP contribution in [0.5, 0.6) is 5.75 Å². The Hall–Kier alpha value is -1.40. The standard InChI is InChI=1S/C9H9FN2O3.ClH/c10-7-4-5(12(13)14)3-6-8(11)1-2-15-9(6)7;/h3-4,8H,1-2,11H2;1H/t8-;/m1./s1. The number of fused-ring (bicyclic) bond motifs is 1. The van der Waals surface area contributed by atoms with Crippen molar-refractivity contribution >= 4 is 18.1 Å². The zero-order chi connectivity index (χ0) is 11.0. The lowest BCUT2D eigenvalue weighted by atomic mass is 10.0. The topological polar surface area (TPSA) is 78.4 Å². The average molecular weight is 249 g/mol. The Labute approximate surface area is 96.9 Å². The van der Waals surface area contributed by atoms with Crippen LogP contribution in [0.15, 0.2) is 12.1 Å². The second-order valence-corrected chi connectivity index (χ2v) is 3.35. The van der Waals surface area contributed by atoms with Gasteiger partial charge in [-0.15, -0.1) is 12.4 Å². The number of nitrogens with zero attached hydrogens (tertiary/aromatic N) is 1. The normalized spacial score (nSPS) is 18.0. The zero-order valence-corrected chi connectivity index (χ0v) is 9.00. The van der Waals surface area contributed by atoms with E-state index in [9.17, 15) is 14.5 Å². The molecule has 1 aromatic rings. The molecule has 0 fully saturated rings. The van der Waals surface area contributed by atoms with Crippen molar-refractivity contribution in [1.82, 2.24) is 0 Å². The molecule has 16 heavy (non-hydrogen) atoms. The van der Waals surface area contributed by atoms with Gasteiger partial charge in [-0.2, -0.15) is 0 Å². The van der Waals surface area contributed by atoms with Gasteiger partial charge in [0.15, 0.2) is 11.6 Å². The lowest BCUT2D eigenvalue weighted by molar-refractivity contribution is -0.385. The second kappa shape index (κ2) is 4.63. The van der Waals surface area contributed by atoms with Gasteiger partial charge in [0.05, 0.1) is 17.6 Å². The van der Waals surface area contributed by atoms with Crippen molar-refractivity contribution in [3.05, 3.63) is 33.6 Å². The molecule has 1 aromatic carbocycles. The van der Waals surface area contributed by atoms with Gasteiger partial charge in [-0.3, -0.25) is 10.1 Å². The summed E-state index contributed by atoms with van der Waals surface area (Å²) in [7, 11) is 0. The Morgan fingerprint density at radius 3 is 2.88 bits per heavy atom. The van der Waals surface area contributed by atoms with Crippen LogP contribution in [0.25, 0.3) is 0 Å². The molecule has 0 radical (unpaired) electrons. The van der Waals surface area contributed by atoms with Gasteiger partial charge in [-0.25, -0.2) is 4.39 Å². The van der Waals surface area contributed by atoms with E-state index in [1.807, 2.05) is 0 Å². The Kier molecular flexibility index (Phi) is 3.66. The number of rotatable bonds is 1. The summed E-state index contributed by atoms with van der Waals surface area (Å²) in [4.78, 5) is 9.85. The van der Waals surface area contributed by atoms with E-state index in [1.54, 1.807) is 0 Å². The molecule has 0 saturated carbocycles. The first-order valence-corrected chi connectivity index (χ1v) is 4.46. The third-order valence-electron chi connectivity index (χ3n) is 2.34. The lowest BCUT2D eigenvalue weighted by Crippen LogP contribution is -2.21. The van der Waals surface area contributed by atoms with E-state index in [-0.39, 0.29) is 23.8 Å². The van der Waals surface area contributed by atoms with E-state index < -0.39 is 16.8 Å². The molecule has 1 heterocycles. The molecule has 1 atom stereocenters. The molecular formula is C9H10ClFN2O3. The van der Waals surface area contributed by atoms with Gasteiger partial charge < -0.3 is 10.5 Å². The van der Waals surface area contributed by atoms with Crippen molar-refractivity contribution in [3.8, 4) is 5.75 Å². The molecule has 0 amide bonds. The molecule has 2 rings (SSSR count). The van der Waals surface area contributed by atoms with Gasteiger partial charge in [0.1, 0.15) is 0 Å². The Bertz CT molecular complexity index is 427. The SMILES string of the molecule is Cl.N[C@@H]1CCOc2c(F)cc([N+](=O)[O-])cc21. The van der Waals surface area contributed by atoms with E-state index >= 15 is 0 Å². The summed E-state index contributed by atoms with van der Waals surface area (Å²) < 4.78 is 18.5. The van der Waals surface area contributed by atoms with Crippen LogP contribution in [-0.2, 0) is 0 Å². The fraction of sp³-hybridized carbons (Fsp3) is 0.333. The van der Waals surface area contributed by atoms with Crippen molar-refractivity contribution in [2.45, 2.75) is 12.5 Å². The van der Waals surface area contributed by atoms with E-state index in [1.165, 1.54) is 6.07 Å². The fourth-order valence-electron chi connectivity index (χ4n) is 1.58. The van der Waals surface area contributed by atoms with E-state index in [4.69, 9.17) is 10.5 Å². The monoisotopic (exact) mass is 248 g/mol. The first-order chi connectivity index (χ1) is 7.09. The fourth-order valence-corrected chi connectivity index (χ4v) is 1.58. The van der Waals surface area contributed by atoms with Crippen molar-refractivity contribution in [3.63, 3.8) is 0 Å². The van der Waals surface area contributed by atoms with Gasteiger partial charge in [-0.1, -0.05) is 0 Å². The highest BCUT2D eigenvalue weighted by atomic mass is 35.5. The summed E-state index contributed by atoms with van der Waals surface area (Å²) in [5.74, 6) is -0.686. The lowest BCUT2D eigenvalue weighted by Gasteiger charge is -2.22. The summed E-state index contributed by atoms with van der Waals surface area (Å²) >= 11 is 0. The number of non-ortho nitro benzene ring substituents is 1. The van der Waals surface area contributed by atoms with Crippen LogP contribution >= 0.6 is 12.4 Å². The smallest absolute Gasteiger partial charge is 0.272 e. The summed E-state index contributed by atoms with van der Waals surface area (Å²) in [6.07, 6.45) is 0.535. The maximum Gasteiger partial charge on any atom is 0.272 e. The highest BCUT2D eigenvalue weighted by molar-refractivity contribution is 5.85. The molecule has 1 aliphatic rings. The van der Waals surface area contributed by atoms with Gasteiger partial charge in [-0.05, 0) is 0 Å². The molecular weight excluding hydrogens is 239 g/mol. The number of halogens is 2. The number of nitro benzene ring substituents is 1. The highest BCUT2D eigenvalue weighted by Gasteiger charge is 2.25. The maximum absolute atomic E-state index is 13.4. The van der Waals surface area contributed by atoms with Gasteiger partial charge in [0.2, 0.25) is 0 Å². The van der Waals surface area contributed by atoms with Crippen LogP contribution in [0.4, 0.5) is 10.1 Å². The molecule has 0 spiro atoms. The van der Waals surface area contributed by atoms with Crippen LogP contribution in [0, 0.1) is 15.9 Å². The number of ether oxygens (including phenoxy) is 1. The minimum absolute atomic E-state index is 0. The maximum atomic E-state index is 13.4. The molecule has 88 valence electrons. The van der Waals surface area contributed by atoms with Crippen molar-refractivity contribution < 1.29 is 14.1 Å². The highest BCUT2D eigenvalue weighted by Crippen LogP contribution is 2.35. The van der Waals surface area contributed by atoms with Crippen molar-refractivity contribution in [1.29, 1.82) is 0 Å². The molecule has 7 heteroatoms. The predicted octanol–water partition coefficient (Wildman–Crippen LogP) is 1.94. The number of hydrogen-bond acceptors (Lipinski definition) is 4.